The Balaban J connectivity index is 1.90. The van der Waals surface area contributed by atoms with E-state index in [-0.39, 0.29) is 17.9 Å². The fourth-order valence-corrected chi connectivity index (χ4v) is 1.74. The van der Waals surface area contributed by atoms with Gasteiger partial charge in [0.1, 0.15) is 6.04 Å². The van der Waals surface area contributed by atoms with E-state index in [1.165, 1.54) is 5.06 Å². The number of carbonyl (C=O) groups is 2. The minimum atomic E-state index is -0.361. The number of nitrogens with zero attached hydrogens (tertiary/aromatic N) is 1. The Labute approximate surface area is 82.3 Å². The summed E-state index contributed by atoms with van der Waals surface area (Å²) >= 11 is 0. The first kappa shape index (κ1) is 9.45. The molecule has 0 aliphatic carbocycles. The summed E-state index contributed by atoms with van der Waals surface area (Å²) < 4.78 is 0. The predicted octanol–water partition coefficient (Wildman–Crippen LogP) is -0.181. The average Bonchev–Trinajstić information content (AvgIpc) is 2.65. The van der Waals surface area contributed by atoms with Crippen LogP contribution >= 0.6 is 0 Å². The second-order valence-corrected chi connectivity index (χ2v) is 3.64. The minimum absolute atomic E-state index is 0.0413. The summed E-state index contributed by atoms with van der Waals surface area (Å²) in [5, 5.41) is 4.03. The van der Waals surface area contributed by atoms with Gasteiger partial charge in [-0.2, -0.15) is 0 Å². The van der Waals surface area contributed by atoms with Gasteiger partial charge >= 0.3 is 0 Å². The van der Waals surface area contributed by atoms with Crippen molar-refractivity contribution in [3.05, 3.63) is 0 Å². The Morgan fingerprint density at radius 2 is 2.36 bits per heavy atom. The van der Waals surface area contributed by atoms with Gasteiger partial charge in [0.2, 0.25) is 5.91 Å². The van der Waals surface area contributed by atoms with Gasteiger partial charge in [0.05, 0.1) is 6.61 Å². The Bertz CT molecular complexity index is 248. The molecule has 0 spiro atoms. The molecule has 0 saturated carbocycles. The first-order chi connectivity index (χ1) is 6.77. The van der Waals surface area contributed by atoms with Crippen molar-refractivity contribution in [1.82, 2.24) is 10.4 Å². The van der Waals surface area contributed by atoms with Crippen LogP contribution in [0.1, 0.15) is 25.7 Å². The fraction of sp³-hybridized carbons (Fsp3) is 0.778. The van der Waals surface area contributed by atoms with Gasteiger partial charge < -0.3 is 5.32 Å². The van der Waals surface area contributed by atoms with Gasteiger partial charge in [0.15, 0.2) is 0 Å². The highest BCUT2D eigenvalue weighted by Crippen LogP contribution is 2.13. The normalized spacial score (nSPS) is 27.6. The molecule has 0 unspecified atom stereocenters. The van der Waals surface area contributed by atoms with Crippen molar-refractivity contribution in [2.24, 2.45) is 0 Å². The number of hydroxylamine groups is 2. The predicted molar refractivity (Wildman–Crippen MR) is 48.1 cm³/mol. The first-order valence-corrected chi connectivity index (χ1v) is 5.01. The van der Waals surface area contributed by atoms with Crippen molar-refractivity contribution in [1.29, 1.82) is 0 Å². The van der Waals surface area contributed by atoms with E-state index in [9.17, 15) is 9.59 Å². The number of carbonyl (C=O) groups excluding carboxylic acids is 2. The molecule has 0 aromatic carbocycles. The van der Waals surface area contributed by atoms with E-state index in [0.29, 0.717) is 26.0 Å². The van der Waals surface area contributed by atoms with Crippen molar-refractivity contribution < 1.29 is 14.4 Å². The van der Waals surface area contributed by atoms with Crippen LogP contribution < -0.4 is 5.32 Å². The van der Waals surface area contributed by atoms with Crippen LogP contribution in [0.15, 0.2) is 0 Å². The molecule has 78 valence electrons. The van der Waals surface area contributed by atoms with Gasteiger partial charge in [-0.15, -0.1) is 0 Å². The zero-order chi connectivity index (χ0) is 9.97. The van der Waals surface area contributed by atoms with Crippen LogP contribution in [-0.2, 0) is 14.4 Å². The van der Waals surface area contributed by atoms with Crippen molar-refractivity contribution in [3.8, 4) is 0 Å². The molecular weight excluding hydrogens is 184 g/mol. The highest BCUT2D eigenvalue weighted by atomic mass is 16.7. The quantitative estimate of drug-likeness (QED) is 0.635. The number of hydrogen-bond acceptors (Lipinski definition) is 3. The molecule has 2 rings (SSSR count). The summed E-state index contributed by atoms with van der Waals surface area (Å²) in [5.74, 6) is -0.143. The van der Waals surface area contributed by atoms with E-state index < -0.39 is 0 Å². The molecular formula is C9H14N2O3. The van der Waals surface area contributed by atoms with E-state index >= 15 is 0 Å². The van der Waals surface area contributed by atoms with Crippen LogP contribution in [-0.4, -0.2) is 36.1 Å². The third kappa shape index (κ3) is 1.87. The van der Waals surface area contributed by atoms with E-state index in [2.05, 4.69) is 5.32 Å². The van der Waals surface area contributed by atoms with Crippen molar-refractivity contribution >= 4 is 11.8 Å². The first-order valence-electron chi connectivity index (χ1n) is 5.01. The van der Waals surface area contributed by atoms with Gasteiger partial charge in [-0.1, -0.05) is 0 Å². The summed E-state index contributed by atoms with van der Waals surface area (Å²) in [6.07, 6.45) is 3.02. The van der Waals surface area contributed by atoms with Crippen LogP contribution in [0.3, 0.4) is 0 Å². The largest absolute Gasteiger partial charge is 0.344 e. The third-order valence-corrected chi connectivity index (χ3v) is 2.54. The Hall–Kier alpha value is -1.10. The molecule has 5 nitrogen and oxygen atoms in total. The van der Waals surface area contributed by atoms with Gasteiger partial charge in [-0.3, -0.25) is 14.4 Å². The number of nitrogens with one attached hydrogen (secondary N) is 1. The maximum Gasteiger partial charge on any atom is 0.268 e. The SMILES string of the molecule is O=C1CC[C@@H](C(=O)N2CCCCO2)N1. The second-order valence-electron chi connectivity index (χ2n) is 3.64. The van der Waals surface area contributed by atoms with Crippen LogP contribution in [0.2, 0.25) is 0 Å². The molecule has 0 bridgehead atoms. The number of hydrogen-bond donors (Lipinski definition) is 1. The highest BCUT2D eigenvalue weighted by molar-refractivity contribution is 5.90. The summed E-state index contributed by atoms with van der Waals surface area (Å²) in [4.78, 5) is 27.9. The minimum Gasteiger partial charge on any atom is -0.344 e. The van der Waals surface area contributed by atoms with Crippen LogP contribution in [0.4, 0.5) is 0 Å². The second kappa shape index (κ2) is 3.96. The molecule has 2 aliphatic rings. The Morgan fingerprint density at radius 1 is 1.50 bits per heavy atom. The Morgan fingerprint density at radius 3 is 2.93 bits per heavy atom. The molecule has 1 atom stereocenters. The van der Waals surface area contributed by atoms with E-state index in [1.54, 1.807) is 0 Å². The lowest BCUT2D eigenvalue weighted by molar-refractivity contribution is -0.198. The zero-order valence-corrected chi connectivity index (χ0v) is 7.99. The Kier molecular flexibility index (Phi) is 2.67. The lowest BCUT2D eigenvalue weighted by Crippen LogP contribution is -2.46. The smallest absolute Gasteiger partial charge is 0.268 e. The molecule has 2 aliphatic heterocycles. The monoisotopic (exact) mass is 198 g/mol. The molecule has 2 amide bonds. The maximum absolute atomic E-state index is 11.7. The van der Waals surface area contributed by atoms with E-state index in [4.69, 9.17) is 4.84 Å². The number of amides is 2. The standard InChI is InChI=1S/C9H14N2O3/c12-8-4-3-7(10-8)9(13)11-5-1-2-6-14-11/h7H,1-6H2,(H,10,12)/t7-/m0/s1. The molecule has 2 fully saturated rings. The van der Waals surface area contributed by atoms with Gasteiger partial charge in [-0.05, 0) is 19.3 Å². The van der Waals surface area contributed by atoms with Gasteiger partial charge in [0.25, 0.3) is 5.91 Å². The summed E-state index contributed by atoms with van der Waals surface area (Å²) in [7, 11) is 0. The van der Waals surface area contributed by atoms with Crippen molar-refractivity contribution in [3.63, 3.8) is 0 Å². The maximum atomic E-state index is 11.7. The van der Waals surface area contributed by atoms with Crippen LogP contribution in [0.25, 0.3) is 0 Å². The highest BCUT2D eigenvalue weighted by Gasteiger charge is 2.31. The molecule has 0 aromatic heterocycles. The zero-order valence-electron chi connectivity index (χ0n) is 7.99. The van der Waals surface area contributed by atoms with E-state index in [1.807, 2.05) is 0 Å². The third-order valence-electron chi connectivity index (χ3n) is 2.54. The molecule has 0 aromatic rings. The topological polar surface area (TPSA) is 58.6 Å². The van der Waals surface area contributed by atoms with Gasteiger partial charge in [0, 0.05) is 13.0 Å². The summed E-state index contributed by atoms with van der Waals surface area (Å²) in [6, 6.07) is -0.361. The average molecular weight is 198 g/mol. The molecule has 2 heterocycles. The van der Waals surface area contributed by atoms with Crippen LogP contribution in [0, 0.1) is 0 Å². The van der Waals surface area contributed by atoms with Crippen LogP contribution in [0.5, 0.6) is 0 Å². The van der Waals surface area contributed by atoms with E-state index in [0.717, 1.165) is 12.8 Å². The molecule has 2 saturated heterocycles. The van der Waals surface area contributed by atoms with Gasteiger partial charge in [-0.25, -0.2) is 5.06 Å². The lowest BCUT2D eigenvalue weighted by Gasteiger charge is -2.27. The summed E-state index contributed by atoms with van der Waals surface area (Å²) in [6.45, 7) is 1.25. The molecule has 14 heavy (non-hydrogen) atoms. The fourth-order valence-electron chi connectivity index (χ4n) is 1.74. The van der Waals surface area contributed by atoms with Crippen molar-refractivity contribution in [2.45, 2.75) is 31.7 Å². The summed E-state index contributed by atoms with van der Waals surface area (Å²) in [5.41, 5.74) is 0. The molecule has 1 N–H and O–H groups in total. The number of rotatable bonds is 1. The molecule has 5 heteroatoms. The molecule has 0 radical (unpaired) electrons. The lowest BCUT2D eigenvalue weighted by atomic mass is 10.2. The van der Waals surface area contributed by atoms with Crippen molar-refractivity contribution in [2.75, 3.05) is 13.2 Å².